The Hall–Kier alpha value is -0.920. The fraction of sp³-hybridized carbons (Fsp3) is 1.00. The van der Waals surface area contributed by atoms with Crippen molar-refractivity contribution in [2.45, 2.75) is 31.8 Å². The maximum atomic E-state index is 13.2. The lowest BCUT2D eigenvalue weighted by Gasteiger charge is -2.28. The molecule has 1 rings (SSSR count). The summed E-state index contributed by atoms with van der Waals surface area (Å²) in [6, 6.07) is 0. The molecule has 0 aromatic heterocycles. The number of halogens is 11. The minimum Gasteiger partial charge on any atom is -0.220 e. The number of alkyl halides is 11. The normalized spacial score (nSPS) is 26.0. The highest BCUT2D eigenvalue weighted by Gasteiger charge is 2.91. The lowest BCUT2D eigenvalue weighted by Crippen LogP contribution is -2.59. The number of hydrogen-bond acceptors (Lipinski definition) is 6. The summed E-state index contributed by atoms with van der Waals surface area (Å²) >= 11 is 0. The van der Waals surface area contributed by atoms with Gasteiger partial charge in [-0.3, -0.25) is 0 Å². The smallest absolute Gasteiger partial charge is 0.220 e. The van der Waals surface area contributed by atoms with Gasteiger partial charge >= 0.3 is 27.9 Å². The lowest BCUT2D eigenvalue weighted by atomic mass is 10.3. The van der Waals surface area contributed by atoms with Gasteiger partial charge < -0.3 is 0 Å². The Kier molecular flexibility index (Phi) is 4.55. The minimum absolute atomic E-state index is 5.68. The third kappa shape index (κ3) is 2.23. The summed E-state index contributed by atoms with van der Waals surface area (Å²) in [5.41, 5.74) is 0. The van der Waals surface area contributed by atoms with E-state index in [0.29, 0.717) is 0 Å². The molecule has 156 valence electrons. The molecule has 0 aliphatic carbocycles. The van der Waals surface area contributed by atoms with Crippen molar-refractivity contribution in [3.8, 4) is 0 Å². The van der Waals surface area contributed by atoms with Crippen molar-refractivity contribution in [1.29, 1.82) is 0 Å². The van der Waals surface area contributed by atoms with Crippen molar-refractivity contribution in [2.75, 3.05) is 0 Å². The maximum Gasteiger partial charge on any atom is 0.461 e. The molecule has 1 fully saturated rings. The predicted molar refractivity (Wildman–Crippen MR) is 56.4 cm³/mol. The summed E-state index contributed by atoms with van der Waals surface area (Å²) in [5, 5.41) is -21.6. The van der Waals surface area contributed by atoms with Crippen molar-refractivity contribution >= 4 is 29.5 Å². The zero-order chi connectivity index (χ0) is 21.6. The molecule has 0 atom stereocenters. The Morgan fingerprint density at radius 3 is 1.19 bits per heavy atom. The van der Waals surface area contributed by atoms with Gasteiger partial charge in [0, 0.05) is 0 Å². The van der Waals surface area contributed by atoms with E-state index in [-0.39, 0.29) is 0 Å². The molecule has 0 unspecified atom stereocenters. The van der Waals surface area contributed by atoms with Gasteiger partial charge in [-0.2, -0.15) is 48.3 Å². The van der Waals surface area contributed by atoms with Gasteiger partial charge in [-0.15, -0.1) is 0 Å². The van der Waals surface area contributed by atoms with Crippen molar-refractivity contribution in [2.24, 2.45) is 0 Å². The van der Waals surface area contributed by atoms with Crippen LogP contribution in [0.15, 0.2) is 0 Å². The van der Waals surface area contributed by atoms with Gasteiger partial charge in [0.1, 0.15) is 0 Å². The molecule has 0 spiro atoms. The van der Waals surface area contributed by atoms with Crippen LogP contribution in [0.3, 0.4) is 0 Å². The van der Waals surface area contributed by atoms with E-state index in [2.05, 4.69) is 0 Å². The van der Waals surface area contributed by atoms with Gasteiger partial charge in [-0.25, -0.2) is 25.3 Å². The average Bonchev–Trinajstić information content (AvgIpc) is 2.41. The van der Waals surface area contributed by atoms with E-state index in [1.807, 2.05) is 0 Å². The SMILES string of the molecule is O=S(=O)(C1S(=O)(=O)C(F)(F)C(F)(F)S1(=O)=O)C(F)(F)C(F)(F)C(F)(F)F. The first-order chi connectivity index (χ1) is 10.9. The van der Waals surface area contributed by atoms with Crippen LogP contribution in [0.25, 0.3) is 0 Å². The maximum absolute atomic E-state index is 13.2. The molecule has 26 heavy (non-hydrogen) atoms. The third-order valence-corrected chi connectivity index (χ3v) is 12.0. The van der Waals surface area contributed by atoms with E-state index in [1.165, 1.54) is 0 Å². The van der Waals surface area contributed by atoms with E-state index in [0.717, 1.165) is 0 Å². The summed E-state index contributed by atoms with van der Waals surface area (Å²) in [7, 11) is -23.9. The first-order valence-corrected chi connectivity index (χ1v) is 9.79. The largest absolute Gasteiger partial charge is 0.461 e. The van der Waals surface area contributed by atoms with Crippen LogP contribution >= 0.6 is 0 Å². The van der Waals surface area contributed by atoms with Gasteiger partial charge in [0.15, 0.2) is 0 Å². The third-order valence-electron chi connectivity index (χ3n) is 2.89. The molecule has 0 radical (unpaired) electrons. The molecule has 6 nitrogen and oxygen atoms in total. The van der Waals surface area contributed by atoms with Crippen LogP contribution in [0.1, 0.15) is 0 Å². The van der Waals surface area contributed by atoms with Gasteiger partial charge in [-0.1, -0.05) is 0 Å². The second-order valence-corrected chi connectivity index (χ2v) is 11.7. The number of sulfone groups is 3. The highest BCUT2D eigenvalue weighted by atomic mass is 32.3. The van der Waals surface area contributed by atoms with Crippen LogP contribution in [-0.2, 0) is 29.5 Å². The summed E-state index contributed by atoms with van der Waals surface area (Å²) in [5.74, 6) is -7.73. The lowest BCUT2D eigenvalue weighted by molar-refractivity contribution is -0.332. The molecule has 1 aliphatic rings. The predicted octanol–water partition coefficient (Wildman–Crippen LogP) is 1.50. The molecule has 0 aromatic rings. The van der Waals surface area contributed by atoms with E-state index >= 15 is 0 Å². The first kappa shape index (κ1) is 23.1. The van der Waals surface area contributed by atoms with Gasteiger partial charge in [0.05, 0.1) is 0 Å². The van der Waals surface area contributed by atoms with Gasteiger partial charge in [0.25, 0.3) is 33.4 Å². The van der Waals surface area contributed by atoms with E-state index in [4.69, 9.17) is 0 Å². The molecular formula is C6HF11O6S3. The molecule has 0 bridgehead atoms. The average molecular weight is 474 g/mol. The fourth-order valence-corrected chi connectivity index (χ4v) is 10.3. The Labute approximate surface area is 135 Å². The molecule has 0 amide bonds. The number of rotatable bonds is 3. The topological polar surface area (TPSA) is 102 Å². The van der Waals surface area contributed by atoms with Gasteiger partial charge in [0.2, 0.25) is 0 Å². The molecule has 20 heteroatoms. The van der Waals surface area contributed by atoms with Crippen molar-refractivity contribution in [3.63, 3.8) is 0 Å². The summed E-state index contributed by atoms with van der Waals surface area (Å²) in [6.07, 6.45) is -7.47. The van der Waals surface area contributed by atoms with Crippen molar-refractivity contribution < 1.29 is 73.5 Å². The summed E-state index contributed by atoms with van der Waals surface area (Å²) in [6.45, 7) is 0. The van der Waals surface area contributed by atoms with Crippen LogP contribution in [0, 0.1) is 0 Å². The van der Waals surface area contributed by atoms with Crippen molar-refractivity contribution in [3.05, 3.63) is 0 Å². The molecule has 0 N–H and O–H groups in total. The molecule has 1 saturated heterocycles. The minimum atomic E-state index is -8.38. The second kappa shape index (κ2) is 5.11. The number of hydrogen-bond donors (Lipinski definition) is 0. The monoisotopic (exact) mass is 474 g/mol. The molecule has 1 heterocycles. The molecular weight excluding hydrogens is 473 g/mol. The standard InChI is InChI=1S/C6HF11O6S3/c7-2(8,3(9,10)11)4(12,13)24(18,19)1-25(20,21)5(14,15)6(16,17)26(1,22)23/h1H. The zero-order valence-electron chi connectivity index (χ0n) is 10.9. The molecule has 0 aromatic carbocycles. The first-order valence-electron chi connectivity index (χ1n) is 5.15. The Bertz CT molecular complexity index is 881. The van der Waals surface area contributed by atoms with Crippen LogP contribution < -0.4 is 0 Å². The Morgan fingerprint density at radius 2 is 0.962 bits per heavy atom. The zero-order valence-corrected chi connectivity index (χ0v) is 13.4. The van der Waals surface area contributed by atoms with Crippen LogP contribution in [-0.4, -0.2) is 57.0 Å². The van der Waals surface area contributed by atoms with E-state index in [1.54, 1.807) is 0 Å². The highest BCUT2D eigenvalue weighted by molar-refractivity contribution is 8.27. The van der Waals surface area contributed by atoms with Crippen LogP contribution in [0.4, 0.5) is 48.3 Å². The van der Waals surface area contributed by atoms with E-state index < -0.39 is 61.3 Å². The Morgan fingerprint density at radius 1 is 0.692 bits per heavy atom. The van der Waals surface area contributed by atoms with E-state index in [9.17, 15) is 73.5 Å². The fourth-order valence-electron chi connectivity index (χ4n) is 1.54. The molecule has 1 aliphatic heterocycles. The van der Waals surface area contributed by atoms with Crippen LogP contribution in [0.5, 0.6) is 0 Å². The quantitative estimate of drug-likeness (QED) is 0.575. The van der Waals surface area contributed by atoms with Gasteiger partial charge in [-0.05, 0) is 0 Å². The summed E-state index contributed by atoms with van der Waals surface area (Å²) in [4.78, 5) is 0. The Balaban J connectivity index is 3.97. The molecule has 0 saturated carbocycles. The second-order valence-electron chi connectivity index (χ2n) is 4.55. The van der Waals surface area contributed by atoms with Crippen molar-refractivity contribution in [1.82, 2.24) is 0 Å². The highest BCUT2D eigenvalue weighted by Crippen LogP contribution is 2.59. The summed E-state index contributed by atoms with van der Waals surface area (Å²) < 4.78 is 201. The van der Waals surface area contributed by atoms with Crippen LogP contribution in [0.2, 0.25) is 0 Å².